The minimum absolute atomic E-state index is 0.193. The Labute approximate surface area is 164 Å². The van der Waals surface area contributed by atoms with E-state index in [0.29, 0.717) is 24.4 Å². The van der Waals surface area contributed by atoms with E-state index in [1.54, 1.807) is 28.8 Å². The van der Waals surface area contributed by atoms with Gasteiger partial charge in [-0.1, -0.05) is 18.6 Å². The number of hydrogen-bond acceptors (Lipinski definition) is 4. The smallest absolute Gasteiger partial charge is 0.275 e. The molecule has 1 saturated heterocycles. The molecule has 7 nitrogen and oxygen atoms in total. The highest BCUT2D eigenvalue weighted by Gasteiger charge is 2.26. The van der Waals surface area contributed by atoms with Crippen LogP contribution >= 0.6 is 0 Å². The summed E-state index contributed by atoms with van der Waals surface area (Å²) in [7, 11) is -3.55. The summed E-state index contributed by atoms with van der Waals surface area (Å²) in [6, 6.07) is 10.2. The Kier molecular flexibility index (Phi) is 4.91. The van der Waals surface area contributed by atoms with Crippen molar-refractivity contribution < 1.29 is 13.2 Å². The summed E-state index contributed by atoms with van der Waals surface area (Å²) >= 11 is 0. The van der Waals surface area contributed by atoms with Gasteiger partial charge in [0.15, 0.2) is 0 Å². The van der Waals surface area contributed by atoms with Crippen LogP contribution < -0.4 is 5.32 Å². The van der Waals surface area contributed by atoms with Gasteiger partial charge in [0, 0.05) is 31.2 Å². The summed E-state index contributed by atoms with van der Waals surface area (Å²) in [6.45, 7) is 3.01. The molecule has 3 heterocycles. The SMILES string of the molecule is Cc1cccn2cc(C(=O)Nc3cccc(S(=O)(=O)N4CCCCC4)c3)nc12. The molecule has 146 valence electrons. The lowest BCUT2D eigenvalue weighted by Gasteiger charge is -2.26. The van der Waals surface area contributed by atoms with Crippen LogP contribution in [0.1, 0.15) is 35.3 Å². The number of rotatable bonds is 4. The van der Waals surface area contributed by atoms with Crippen molar-refractivity contribution >= 4 is 27.3 Å². The molecule has 1 aliphatic heterocycles. The van der Waals surface area contributed by atoms with Crippen molar-refractivity contribution in [2.24, 2.45) is 0 Å². The van der Waals surface area contributed by atoms with Gasteiger partial charge in [-0.25, -0.2) is 13.4 Å². The van der Waals surface area contributed by atoms with E-state index in [1.165, 1.54) is 10.4 Å². The molecule has 1 aliphatic rings. The second-order valence-electron chi connectivity index (χ2n) is 6.99. The van der Waals surface area contributed by atoms with Crippen molar-refractivity contribution in [3.05, 3.63) is 60.0 Å². The number of piperidine rings is 1. The van der Waals surface area contributed by atoms with Crippen LogP contribution in [0, 0.1) is 6.92 Å². The third-order valence-electron chi connectivity index (χ3n) is 4.96. The summed E-state index contributed by atoms with van der Waals surface area (Å²) in [5.41, 5.74) is 2.39. The van der Waals surface area contributed by atoms with Gasteiger partial charge in [0.25, 0.3) is 5.91 Å². The quantitative estimate of drug-likeness (QED) is 0.732. The number of aryl methyl sites for hydroxylation is 1. The number of sulfonamides is 1. The lowest BCUT2D eigenvalue weighted by Crippen LogP contribution is -2.35. The predicted molar refractivity (Wildman–Crippen MR) is 107 cm³/mol. The summed E-state index contributed by atoms with van der Waals surface area (Å²) < 4.78 is 29.0. The molecule has 0 bridgehead atoms. The maximum Gasteiger partial charge on any atom is 0.275 e. The van der Waals surface area contributed by atoms with Gasteiger partial charge in [0.2, 0.25) is 10.0 Å². The van der Waals surface area contributed by atoms with Gasteiger partial charge in [-0.2, -0.15) is 4.31 Å². The monoisotopic (exact) mass is 398 g/mol. The van der Waals surface area contributed by atoms with E-state index in [0.717, 1.165) is 24.8 Å². The van der Waals surface area contributed by atoms with Gasteiger partial charge in [-0.05, 0) is 49.6 Å². The largest absolute Gasteiger partial charge is 0.321 e. The molecule has 0 unspecified atom stereocenters. The molecular weight excluding hydrogens is 376 g/mol. The zero-order valence-electron chi connectivity index (χ0n) is 15.6. The topological polar surface area (TPSA) is 83.8 Å². The number of pyridine rings is 1. The van der Waals surface area contributed by atoms with E-state index in [-0.39, 0.29) is 16.5 Å². The van der Waals surface area contributed by atoms with E-state index >= 15 is 0 Å². The number of carbonyl (C=O) groups excluding carboxylic acids is 1. The first-order valence-electron chi connectivity index (χ1n) is 9.31. The Balaban J connectivity index is 1.57. The average molecular weight is 398 g/mol. The lowest BCUT2D eigenvalue weighted by atomic mass is 10.2. The first kappa shape index (κ1) is 18.6. The van der Waals surface area contributed by atoms with E-state index in [2.05, 4.69) is 10.3 Å². The first-order valence-corrected chi connectivity index (χ1v) is 10.7. The standard InChI is InChI=1S/C20H22N4O3S/c1-15-7-6-10-23-14-18(22-19(15)23)20(25)21-16-8-5-9-17(13-16)28(26,27)24-11-3-2-4-12-24/h5-10,13-14H,2-4,11-12H2,1H3,(H,21,25). The average Bonchev–Trinajstić information content (AvgIpc) is 3.15. The van der Waals surface area contributed by atoms with Crippen LogP contribution in [0.2, 0.25) is 0 Å². The number of nitrogens with one attached hydrogen (secondary N) is 1. The molecular formula is C20H22N4O3S. The van der Waals surface area contributed by atoms with Gasteiger partial charge in [0.05, 0.1) is 4.90 Å². The van der Waals surface area contributed by atoms with Crippen molar-refractivity contribution in [1.82, 2.24) is 13.7 Å². The molecule has 1 aromatic carbocycles. The highest BCUT2D eigenvalue weighted by molar-refractivity contribution is 7.89. The van der Waals surface area contributed by atoms with Crippen molar-refractivity contribution in [2.75, 3.05) is 18.4 Å². The Morgan fingerprint density at radius 3 is 2.64 bits per heavy atom. The highest BCUT2D eigenvalue weighted by atomic mass is 32.2. The molecule has 28 heavy (non-hydrogen) atoms. The van der Waals surface area contributed by atoms with E-state index in [4.69, 9.17) is 0 Å². The fourth-order valence-electron chi connectivity index (χ4n) is 3.45. The number of benzene rings is 1. The Bertz CT molecular complexity index is 1130. The number of carbonyl (C=O) groups is 1. The highest BCUT2D eigenvalue weighted by Crippen LogP contribution is 2.23. The minimum atomic E-state index is -3.55. The zero-order chi connectivity index (χ0) is 19.7. The van der Waals surface area contributed by atoms with Gasteiger partial charge < -0.3 is 9.72 Å². The van der Waals surface area contributed by atoms with Crippen LogP contribution in [0.3, 0.4) is 0 Å². The molecule has 0 radical (unpaired) electrons. The maximum atomic E-state index is 12.8. The second-order valence-corrected chi connectivity index (χ2v) is 8.93. The van der Waals surface area contributed by atoms with Gasteiger partial charge in [0.1, 0.15) is 11.3 Å². The lowest BCUT2D eigenvalue weighted by molar-refractivity contribution is 0.102. The zero-order valence-corrected chi connectivity index (χ0v) is 16.4. The third kappa shape index (κ3) is 3.53. The first-order chi connectivity index (χ1) is 13.4. The molecule has 1 N–H and O–H groups in total. The molecule has 0 aliphatic carbocycles. The normalized spacial score (nSPS) is 15.6. The van der Waals surface area contributed by atoms with Gasteiger partial charge >= 0.3 is 0 Å². The van der Waals surface area contributed by atoms with E-state index < -0.39 is 10.0 Å². The van der Waals surface area contributed by atoms with E-state index in [1.807, 2.05) is 25.3 Å². The predicted octanol–water partition coefficient (Wildman–Crippen LogP) is 3.07. The summed E-state index contributed by atoms with van der Waals surface area (Å²) in [5.74, 6) is -0.379. The Hall–Kier alpha value is -2.71. The third-order valence-corrected chi connectivity index (χ3v) is 6.85. The Morgan fingerprint density at radius 1 is 1.11 bits per heavy atom. The molecule has 2 aromatic heterocycles. The van der Waals surface area contributed by atoms with E-state index in [9.17, 15) is 13.2 Å². The number of nitrogens with zero attached hydrogens (tertiary/aromatic N) is 3. The summed E-state index contributed by atoms with van der Waals surface area (Å²) in [6.07, 6.45) is 6.30. The van der Waals surface area contributed by atoms with Crippen LogP contribution in [0.15, 0.2) is 53.7 Å². The number of anilines is 1. The van der Waals surface area contributed by atoms with Crippen LogP contribution in [0.4, 0.5) is 5.69 Å². The molecule has 0 atom stereocenters. The van der Waals surface area contributed by atoms with Crippen LogP contribution in [-0.4, -0.2) is 41.1 Å². The summed E-state index contributed by atoms with van der Waals surface area (Å²) in [5, 5.41) is 2.76. The molecule has 1 amide bonds. The fourth-order valence-corrected chi connectivity index (χ4v) is 5.01. The van der Waals surface area contributed by atoms with Crippen LogP contribution in [0.25, 0.3) is 5.65 Å². The molecule has 1 fully saturated rings. The number of imidazole rings is 1. The number of hydrogen-bond donors (Lipinski definition) is 1. The van der Waals surface area contributed by atoms with Crippen LogP contribution in [-0.2, 0) is 10.0 Å². The number of fused-ring (bicyclic) bond motifs is 1. The van der Waals surface area contributed by atoms with Crippen molar-refractivity contribution in [1.29, 1.82) is 0 Å². The van der Waals surface area contributed by atoms with Crippen molar-refractivity contribution in [3.8, 4) is 0 Å². The fraction of sp³-hybridized carbons (Fsp3) is 0.300. The van der Waals surface area contributed by atoms with Crippen molar-refractivity contribution in [3.63, 3.8) is 0 Å². The van der Waals surface area contributed by atoms with Crippen molar-refractivity contribution in [2.45, 2.75) is 31.1 Å². The number of amides is 1. The number of aromatic nitrogens is 2. The van der Waals surface area contributed by atoms with Crippen LogP contribution in [0.5, 0.6) is 0 Å². The molecule has 8 heteroatoms. The molecule has 4 rings (SSSR count). The maximum absolute atomic E-state index is 12.8. The molecule has 3 aromatic rings. The Morgan fingerprint density at radius 2 is 1.89 bits per heavy atom. The molecule has 0 saturated carbocycles. The van der Waals surface area contributed by atoms with Gasteiger partial charge in [-0.3, -0.25) is 4.79 Å². The molecule has 0 spiro atoms. The summed E-state index contributed by atoms with van der Waals surface area (Å²) in [4.78, 5) is 17.2. The van der Waals surface area contributed by atoms with Gasteiger partial charge in [-0.15, -0.1) is 0 Å². The minimum Gasteiger partial charge on any atom is -0.321 e. The second kappa shape index (κ2) is 7.37.